The first-order chi connectivity index (χ1) is 6.77. The van der Waals surface area contributed by atoms with E-state index in [4.69, 9.17) is 10.5 Å². The van der Waals surface area contributed by atoms with Gasteiger partial charge in [0.25, 0.3) is 0 Å². The van der Waals surface area contributed by atoms with Gasteiger partial charge in [0, 0.05) is 0 Å². The number of nitrogens with two attached hydrogens (primary N) is 1. The molecule has 0 atom stereocenters. The number of methoxy groups -OCH3 is 1. The second-order valence-electron chi connectivity index (χ2n) is 2.66. The number of hydrogen-bond acceptors (Lipinski definition) is 4. The van der Waals surface area contributed by atoms with Gasteiger partial charge in [0.15, 0.2) is 0 Å². The lowest BCUT2D eigenvalue weighted by Gasteiger charge is -2.01. The van der Waals surface area contributed by atoms with Crippen LogP contribution in [-0.4, -0.2) is 25.7 Å². The van der Waals surface area contributed by atoms with E-state index in [0.717, 1.165) is 0 Å². The molecular weight excluding hydrogens is 178 g/mol. The SMILES string of the molecule is CNCC#Cc1cc(N)cnc1OC. The largest absolute Gasteiger partial charge is 0.480 e. The number of hydrogen-bond donors (Lipinski definition) is 2. The first-order valence-corrected chi connectivity index (χ1v) is 4.21. The van der Waals surface area contributed by atoms with Gasteiger partial charge < -0.3 is 15.8 Å². The van der Waals surface area contributed by atoms with E-state index in [1.807, 2.05) is 7.05 Å². The zero-order valence-corrected chi connectivity index (χ0v) is 8.29. The normalized spacial score (nSPS) is 9.00. The fourth-order valence-corrected chi connectivity index (χ4v) is 0.948. The summed E-state index contributed by atoms with van der Waals surface area (Å²) in [5.41, 5.74) is 6.88. The van der Waals surface area contributed by atoms with Crippen LogP contribution in [0.4, 0.5) is 5.69 Å². The average Bonchev–Trinajstić information content (AvgIpc) is 2.19. The summed E-state index contributed by atoms with van der Waals surface area (Å²) in [5, 5.41) is 2.92. The molecule has 74 valence electrons. The minimum Gasteiger partial charge on any atom is -0.480 e. The van der Waals surface area contributed by atoms with E-state index in [1.165, 1.54) is 0 Å². The number of rotatable bonds is 2. The highest BCUT2D eigenvalue weighted by Gasteiger charge is 2.00. The highest BCUT2D eigenvalue weighted by molar-refractivity contribution is 5.50. The zero-order valence-electron chi connectivity index (χ0n) is 8.29. The molecule has 0 saturated heterocycles. The molecule has 0 radical (unpaired) electrons. The van der Waals surface area contributed by atoms with Crippen LogP contribution in [-0.2, 0) is 0 Å². The van der Waals surface area contributed by atoms with Crippen molar-refractivity contribution >= 4 is 5.69 Å². The first kappa shape index (κ1) is 10.4. The zero-order chi connectivity index (χ0) is 10.4. The summed E-state index contributed by atoms with van der Waals surface area (Å²) in [5.74, 6) is 6.35. The Bertz CT molecular complexity index is 365. The van der Waals surface area contributed by atoms with Gasteiger partial charge in [0.1, 0.15) is 0 Å². The molecule has 0 unspecified atom stereocenters. The molecule has 1 aromatic rings. The van der Waals surface area contributed by atoms with Crippen molar-refractivity contribution in [3.05, 3.63) is 17.8 Å². The number of nitrogens with one attached hydrogen (secondary N) is 1. The maximum atomic E-state index is 5.58. The quantitative estimate of drug-likeness (QED) is 0.657. The minimum atomic E-state index is 0.503. The highest BCUT2D eigenvalue weighted by atomic mass is 16.5. The molecule has 0 saturated carbocycles. The summed E-state index contributed by atoms with van der Waals surface area (Å²) >= 11 is 0. The van der Waals surface area contributed by atoms with Crippen molar-refractivity contribution in [2.24, 2.45) is 0 Å². The lowest BCUT2D eigenvalue weighted by Crippen LogP contribution is -2.04. The highest BCUT2D eigenvalue weighted by Crippen LogP contribution is 2.15. The fraction of sp³-hybridized carbons (Fsp3) is 0.300. The summed E-state index contributed by atoms with van der Waals surface area (Å²) in [6.45, 7) is 0.623. The van der Waals surface area contributed by atoms with Crippen LogP contribution in [0, 0.1) is 11.8 Å². The van der Waals surface area contributed by atoms with E-state index in [0.29, 0.717) is 23.7 Å². The van der Waals surface area contributed by atoms with Crippen LogP contribution in [0.2, 0.25) is 0 Å². The molecule has 1 aromatic heterocycles. The molecular formula is C10H13N3O. The molecule has 1 heterocycles. The Balaban J connectivity index is 2.94. The molecule has 0 aromatic carbocycles. The molecule has 4 nitrogen and oxygen atoms in total. The van der Waals surface area contributed by atoms with Crippen molar-refractivity contribution in [3.8, 4) is 17.7 Å². The molecule has 14 heavy (non-hydrogen) atoms. The van der Waals surface area contributed by atoms with Gasteiger partial charge in [0.05, 0.1) is 31.1 Å². The van der Waals surface area contributed by atoms with E-state index in [2.05, 4.69) is 22.1 Å². The van der Waals surface area contributed by atoms with Crippen LogP contribution in [0.5, 0.6) is 5.88 Å². The summed E-state index contributed by atoms with van der Waals surface area (Å²) in [4.78, 5) is 4.01. The molecule has 1 rings (SSSR count). The monoisotopic (exact) mass is 191 g/mol. The number of nitrogens with zero attached hydrogens (tertiary/aromatic N) is 1. The average molecular weight is 191 g/mol. The number of ether oxygens (including phenoxy) is 1. The predicted molar refractivity (Wildman–Crippen MR) is 56.0 cm³/mol. The summed E-state index contributed by atoms with van der Waals surface area (Å²) in [6, 6.07) is 1.74. The third-order valence-corrected chi connectivity index (χ3v) is 1.55. The lowest BCUT2D eigenvalue weighted by atomic mass is 10.2. The van der Waals surface area contributed by atoms with Crippen molar-refractivity contribution in [3.63, 3.8) is 0 Å². The predicted octanol–water partition coefficient (Wildman–Crippen LogP) is 0.243. The van der Waals surface area contributed by atoms with Crippen LogP contribution < -0.4 is 15.8 Å². The van der Waals surface area contributed by atoms with Gasteiger partial charge in [-0.2, -0.15) is 0 Å². The van der Waals surface area contributed by atoms with Crippen LogP contribution in [0.3, 0.4) is 0 Å². The topological polar surface area (TPSA) is 60.2 Å². The van der Waals surface area contributed by atoms with Gasteiger partial charge in [0.2, 0.25) is 5.88 Å². The van der Waals surface area contributed by atoms with Gasteiger partial charge in [-0.15, -0.1) is 0 Å². The van der Waals surface area contributed by atoms with Gasteiger partial charge in [-0.3, -0.25) is 0 Å². The Morgan fingerprint density at radius 1 is 1.64 bits per heavy atom. The van der Waals surface area contributed by atoms with Crippen molar-refractivity contribution in [2.75, 3.05) is 26.4 Å². The van der Waals surface area contributed by atoms with E-state index < -0.39 is 0 Å². The molecule has 0 aliphatic carbocycles. The molecule has 0 amide bonds. The van der Waals surface area contributed by atoms with Crippen LogP contribution in [0.15, 0.2) is 12.3 Å². The Hall–Kier alpha value is -1.73. The van der Waals surface area contributed by atoms with E-state index in [1.54, 1.807) is 19.4 Å². The van der Waals surface area contributed by atoms with Crippen molar-refractivity contribution < 1.29 is 4.74 Å². The second-order valence-corrected chi connectivity index (χ2v) is 2.66. The smallest absolute Gasteiger partial charge is 0.229 e. The molecule has 4 heteroatoms. The maximum Gasteiger partial charge on any atom is 0.229 e. The van der Waals surface area contributed by atoms with Crippen molar-refractivity contribution in [2.45, 2.75) is 0 Å². The number of anilines is 1. The molecule has 0 spiro atoms. The van der Waals surface area contributed by atoms with E-state index >= 15 is 0 Å². The minimum absolute atomic E-state index is 0.503. The Labute approximate surface area is 83.5 Å². The Morgan fingerprint density at radius 2 is 2.43 bits per heavy atom. The number of nitrogen functional groups attached to an aromatic ring is 1. The third-order valence-electron chi connectivity index (χ3n) is 1.55. The maximum absolute atomic E-state index is 5.58. The van der Waals surface area contributed by atoms with Gasteiger partial charge >= 0.3 is 0 Å². The molecule has 0 aliphatic rings. The van der Waals surface area contributed by atoms with Crippen LogP contribution in [0.25, 0.3) is 0 Å². The Morgan fingerprint density at radius 3 is 3.07 bits per heavy atom. The van der Waals surface area contributed by atoms with Gasteiger partial charge in [-0.1, -0.05) is 11.8 Å². The number of aromatic nitrogens is 1. The molecule has 3 N–H and O–H groups in total. The van der Waals surface area contributed by atoms with E-state index in [9.17, 15) is 0 Å². The van der Waals surface area contributed by atoms with E-state index in [-0.39, 0.29) is 0 Å². The van der Waals surface area contributed by atoms with Crippen LogP contribution >= 0.6 is 0 Å². The summed E-state index contributed by atoms with van der Waals surface area (Å²) in [6.07, 6.45) is 1.54. The summed E-state index contributed by atoms with van der Waals surface area (Å²) in [7, 11) is 3.39. The van der Waals surface area contributed by atoms with Gasteiger partial charge in [-0.25, -0.2) is 4.98 Å². The standard InChI is InChI=1S/C10H13N3O/c1-12-5-3-4-8-6-9(11)7-13-10(8)14-2/h6-7,12H,5,11H2,1-2H3. The first-order valence-electron chi connectivity index (χ1n) is 4.21. The second kappa shape index (κ2) is 5.10. The molecule has 0 bridgehead atoms. The third kappa shape index (κ3) is 2.64. The van der Waals surface area contributed by atoms with Crippen LogP contribution in [0.1, 0.15) is 5.56 Å². The summed E-state index contributed by atoms with van der Waals surface area (Å²) < 4.78 is 5.04. The van der Waals surface area contributed by atoms with Crippen molar-refractivity contribution in [1.82, 2.24) is 10.3 Å². The number of pyridine rings is 1. The Kier molecular flexibility index (Phi) is 3.77. The van der Waals surface area contributed by atoms with Crippen molar-refractivity contribution in [1.29, 1.82) is 0 Å². The fourth-order valence-electron chi connectivity index (χ4n) is 0.948. The molecule has 0 aliphatic heterocycles. The van der Waals surface area contributed by atoms with Gasteiger partial charge in [-0.05, 0) is 13.1 Å². The molecule has 0 fully saturated rings. The lowest BCUT2D eigenvalue weighted by molar-refractivity contribution is 0.397.